The number of methoxy groups -OCH3 is 2. The van der Waals surface area contributed by atoms with Gasteiger partial charge in [0.1, 0.15) is 11.5 Å². The van der Waals surface area contributed by atoms with Crippen LogP contribution in [0.2, 0.25) is 0 Å². The summed E-state index contributed by atoms with van der Waals surface area (Å²) in [6, 6.07) is 7.45. The molecule has 18 heavy (non-hydrogen) atoms. The molecule has 0 fully saturated rings. The van der Waals surface area contributed by atoms with E-state index in [4.69, 9.17) is 9.47 Å². The van der Waals surface area contributed by atoms with Crippen molar-refractivity contribution in [3.8, 4) is 22.8 Å². The predicted molar refractivity (Wildman–Crippen MR) is 70.1 cm³/mol. The molecule has 0 unspecified atom stereocenters. The monoisotopic (exact) mass is 245 g/mol. The molecular formula is C13H15N3O2. The first-order chi connectivity index (χ1) is 8.80. The molecule has 1 aromatic heterocycles. The highest BCUT2D eigenvalue weighted by Gasteiger charge is 2.13. The zero-order chi connectivity index (χ0) is 13.0. The van der Waals surface area contributed by atoms with Gasteiger partial charge in [0.2, 0.25) is 5.95 Å². The van der Waals surface area contributed by atoms with Gasteiger partial charge in [-0.3, -0.25) is 0 Å². The first-order valence-corrected chi connectivity index (χ1v) is 5.52. The normalized spacial score (nSPS) is 9.94. The molecule has 0 aliphatic rings. The number of nitrogens with zero attached hydrogens (tertiary/aromatic N) is 2. The van der Waals surface area contributed by atoms with Crippen molar-refractivity contribution in [1.29, 1.82) is 0 Å². The smallest absolute Gasteiger partial charge is 0.222 e. The lowest BCUT2D eigenvalue weighted by Crippen LogP contribution is -1.99. The van der Waals surface area contributed by atoms with Crippen LogP contribution in [0.3, 0.4) is 0 Å². The number of rotatable bonds is 4. The molecule has 94 valence electrons. The largest absolute Gasteiger partial charge is 0.496 e. The molecule has 0 saturated carbocycles. The first-order valence-electron chi connectivity index (χ1n) is 5.52. The molecule has 0 aliphatic carbocycles. The second-order valence-corrected chi connectivity index (χ2v) is 3.55. The predicted octanol–water partition coefficient (Wildman–Crippen LogP) is 2.20. The van der Waals surface area contributed by atoms with E-state index in [9.17, 15) is 0 Å². The molecule has 2 aromatic rings. The van der Waals surface area contributed by atoms with E-state index in [0.717, 1.165) is 22.8 Å². The summed E-state index contributed by atoms with van der Waals surface area (Å²) in [5.41, 5.74) is 1.57. The van der Waals surface area contributed by atoms with E-state index in [1.54, 1.807) is 27.5 Å². The van der Waals surface area contributed by atoms with E-state index in [1.807, 2.05) is 24.3 Å². The van der Waals surface area contributed by atoms with Crippen LogP contribution in [-0.4, -0.2) is 31.2 Å². The summed E-state index contributed by atoms with van der Waals surface area (Å²) in [6.45, 7) is 0. The molecule has 1 aromatic carbocycles. The highest BCUT2D eigenvalue weighted by atomic mass is 16.5. The van der Waals surface area contributed by atoms with Crippen LogP contribution < -0.4 is 14.8 Å². The Morgan fingerprint density at radius 1 is 1.06 bits per heavy atom. The Bertz CT molecular complexity index is 521. The molecule has 0 amide bonds. The summed E-state index contributed by atoms with van der Waals surface area (Å²) in [5, 5.41) is 2.91. The zero-order valence-corrected chi connectivity index (χ0v) is 10.6. The van der Waals surface area contributed by atoms with Crippen LogP contribution in [-0.2, 0) is 0 Å². The van der Waals surface area contributed by atoms with E-state index in [-0.39, 0.29) is 0 Å². The Hall–Kier alpha value is -2.30. The number of benzene rings is 1. The average molecular weight is 245 g/mol. The van der Waals surface area contributed by atoms with Crippen molar-refractivity contribution in [3.63, 3.8) is 0 Å². The molecule has 0 bridgehead atoms. The molecular weight excluding hydrogens is 230 g/mol. The van der Waals surface area contributed by atoms with Gasteiger partial charge in [-0.15, -0.1) is 0 Å². The Morgan fingerprint density at radius 3 is 2.28 bits per heavy atom. The lowest BCUT2D eigenvalue weighted by atomic mass is 10.1. The van der Waals surface area contributed by atoms with Gasteiger partial charge in [-0.05, 0) is 18.2 Å². The van der Waals surface area contributed by atoms with E-state index in [1.165, 1.54) is 0 Å². The summed E-state index contributed by atoms with van der Waals surface area (Å²) < 4.78 is 10.7. The van der Waals surface area contributed by atoms with Crippen LogP contribution in [0.1, 0.15) is 0 Å². The molecule has 1 N–H and O–H groups in total. The fourth-order valence-corrected chi connectivity index (χ4v) is 1.72. The van der Waals surface area contributed by atoms with Crippen molar-refractivity contribution in [2.75, 3.05) is 26.6 Å². The fourth-order valence-electron chi connectivity index (χ4n) is 1.72. The van der Waals surface area contributed by atoms with Crippen LogP contribution in [0, 0.1) is 0 Å². The molecule has 5 nitrogen and oxygen atoms in total. The van der Waals surface area contributed by atoms with E-state index < -0.39 is 0 Å². The van der Waals surface area contributed by atoms with Gasteiger partial charge in [0.25, 0.3) is 0 Å². The summed E-state index contributed by atoms with van der Waals surface area (Å²) >= 11 is 0. The van der Waals surface area contributed by atoms with E-state index in [2.05, 4.69) is 15.3 Å². The third-order valence-electron chi connectivity index (χ3n) is 2.56. The summed E-state index contributed by atoms with van der Waals surface area (Å²) in [4.78, 5) is 8.49. The van der Waals surface area contributed by atoms with Crippen molar-refractivity contribution in [1.82, 2.24) is 9.97 Å². The van der Waals surface area contributed by atoms with Crippen LogP contribution in [0.4, 0.5) is 5.95 Å². The number of hydrogen-bond donors (Lipinski definition) is 1. The van der Waals surface area contributed by atoms with Crippen molar-refractivity contribution in [3.05, 3.63) is 30.5 Å². The minimum absolute atomic E-state index is 0.556. The highest BCUT2D eigenvalue weighted by Crippen LogP contribution is 2.37. The zero-order valence-electron chi connectivity index (χ0n) is 10.6. The molecule has 1 heterocycles. The molecule has 0 saturated heterocycles. The maximum Gasteiger partial charge on any atom is 0.222 e. The topological polar surface area (TPSA) is 56.3 Å². The number of aromatic nitrogens is 2. The Labute approximate surface area is 106 Å². The van der Waals surface area contributed by atoms with Crippen molar-refractivity contribution in [2.24, 2.45) is 0 Å². The average Bonchev–Trinajstić information content (AvgIpc) is 2.46. The first kappa shape index (κ1) is 12.2. The Balaban J connectivity index is 2.60. The number of hydrogen-bond acceptors (Lipinski definition) is 5. The maximum atomic E-state index is 5.35. The number of anilines is 1. The van der Waals surface area contributed by atoms with Crippen molar-refractivity contribution < 1.29 is 9.47 Å². The third-order valence-corrected chi connectivity index (χ3v) is 2.56. The van der Waals surface area contributed by atoms with Gasteiger partial charge >= 0.3 is 0 Å². The lowest BCUT2D eigenvalue weighted by Gasteiger charge is -2.12. The van der Waals surface area contributed by atoms with Gasteiger partial charge in [-0.1, -0.05) is 6.07 Å². The van der Waals surface area contributed by atoms with Gasteiger partial charge in [-0.25, -0.2) is 9.97 Å². The van der Waals surface area contributed by atoms with E-state index >= 15 is 0 Å². The van der Waals surface area contributed by atoms with E-state index in [0.29, 0.717) is 5.95 Å². The van der Waals surface area contributed by atoms with Gasteiger partial charge < -0.3 is 14.8 Å². The number of nitrogens with one attached hydrogen (secondary N) is 1. The number of ether oxygens (including phenoxy) is 2. The van der Waals surface area contributed by atoms with Crippen LogP contribution in [0.15, 0.2) is 30.5 Å². The minimum Gasteiger partial charge on any atom is -0.496 e. The van der Waals surface area contributed by atoms with Crippen LogP contribution in [0.25, 0.3) is 11.3 Å². The second kappa shape index (κ2) is 5.35. The van der Waals surface area contributed by atoms with Gasteiger partial charge in [0.15, 0.2) is 0 Å². The molecule has 0 atom stereocenters. The van der Waals surface area contributed by atoms with Crippen molar-refractivity contribution >= 4 is 5.95 Å². The minimum atomic E-state index is 0.556. The van der Waals surface area contributed by atoms with Gasteiger partial charge in [-0.2, -0.15) is 0 Å². The fraction of sp³-hybridized carbons (Fsp3) is 0.231. The highest BCUT2D eigenvalue weighted by molar-refractivity contribution is 5.74. The third kappa shape index (κ3) is 2.20. The van der Waals surface area contributed by atoms with Crippen LogP contribution >= 0.6 is 0 Å². The Morgan fingerprint density at radius 2 is 1.72 bits per heavy atom. The van der Waals surface area contributed by atoms with Crippen LogP contribution in [0.5, 0.6) is 11.5 Å². The Kier molecular flexibility index (Phi) is 3.62. The summed E-state index contributed by atoms with van der Waals surface area (Å²) in [7, 11) is 5.02. The van der Waals surface area contributed by atoms with Crippen molar-refractivity contribution in [2.45, 2.75) is 0 Å². The molecule has 5 heteroatoms. The molecule has 0 spiro atoms. The van der Waals surface area contributed by atoms with Gasteiger partial charge in [0, 0.05) is 13.2 Å². The summed E-state index contributed by atoms with van der Waals surface area (Å²) in [5.74, 6) is 1.99. The molecule has 2 rings (SSSR count). The maximum absolute atomic E-state index is 5.35. The lowest BCUT2D eigenvalue weighted by molar-refractivity contribution is 0.397. The SMILES string of the molecule is CNc1nccc(-c2c(OC)cccc2OC)n1. The second-order valence-electron chi connectivity index (χ2n) is 3.55. The quantitative estimate of drug-likeness (QED) is 0.895. The van der Waals surface area contributed by atoms with Gasteiger partial charge in [0.05, 0.1) is 25.5 Å². The summed E-state index contributed by atoms with van der Waals surface area (Å²) in [6.07, 6.45) is 1.69. The molecule has 0 radical (unpaired) electrons. The standard InChI is InChI=1S/C13H15N3O2/c1-14-13-15-8-7-9(16-13)12-10(17-2)5-4-6-11(12)18-3/h4-8H,1-3H3,(H,14,15,16). The molecule has 0 aliphatic heterocycles.